The minimum Gasteiger partial charge on any atom is -0.476 e. The highest BCUT2D eigenvalue weighted by Gasteiger charge is 2.13. The van der Waals surface area contributed by atoms with Gasteiger partial charge in [-0.15, -0.1) is 10.2 Å². The van der Waals surface area contributed by atoms with Gasteiger partial charge in [-0.3, -0.25) is 0 Å². The van der Waals surface area contributed by atoms with Gasteiger partial charge in [0.25, 0.3) is 0 Å². The summed E-state index contributed by atoms with van der Waals surface area (Å²) >= 11 is 3.20. The van der Waals surface area contributed by atoms with Gasteiger partial charge < -0.3 is 5.11 Å². The predicted molar refractivity (Wildman–Crippen MR) is 54.2 cm³/mol. The second kappa shape index (κ2) is 3.34. The van der Waals surface area contributed by atoms with Gasteiger partial charge >= 0.3 is 5.97 Å². The third-order valence-corrected chi connectivity index (χ3v) is 2.61. The minimum absolute atomic E-state index is 0.0660. The first kappa shape index (κ1) is 9.08. The van der Waals surface area contributed by atoms with Crippen LogP contribution in [0.5, 0.6) is 0 Å². The topological polar surface area (TPSA) is 63.1 Å². The number of aromatic nitrogens is 2. The molecule has 2 rings (SSSR count). The first-order chi connectivity index (χ1) is 6.70. The zero-order valence-electron chi connectivity index (χ0n) is 6.94. The molecule has 0 atom stereocenters. The lowest BCUT2D eigenvalue weighted by atomic mass is 10.2. The van der Waals surface area contributed by atoms with Gasteiger partial charge in [-0.05, 0) is 22.0 Å². The number of carboxylic acid groups (broad SMARTS) is 1. The normalized spacial score (nSPS) is 10.4. The van der Waals surface area contributed by atoms with Crippen molar-refractivity contribution in [1.82, 2.24) is 10.2 Å². The van der Waals surface area contributed by atoms with E-state index >= 15 is 0 Å². The third-order valence-electron chi connectivity index (χ3n) is 1.81. The molecule has 70 valence electrons. The van der Waals surface area contributed by atoms with E-state index in [1.165, 1.54) is 0 Å². The lowest BCUT2D eigenvalue weighted by Crippen LogP contribution is -2.03. The molecule has 0 unspecified atom stereocenters. The van der Waals surface area contributed by atoms with E-state index in [9.17, 15) is 4.79 Å². The molecule has 1 heterocycles. The van der Waals surface area contributed by atoms with Crippen LogP contribution < -0.4 is 0 Å². The molecule has 4 nitrogen and oxygen atoms in total. The van der Waals surface area contributed by atoms with E-state index in [1.807, 2.05) is 12.1 Å². The van der Waals surface area contributed by atoms with Crippen molar-refractivity contribution in [2.75, 3.05) is 0 Å². The highest BCUT2D eigenvalue weighted by atomic mass is 79.9. The maximum atomic E-state index is 10.7. The van der Waals surface area contributed by atoms with E-state index < -0.39 is 5.97 Å². The molecule has 1 aromatic carbocycles. The van der Waals surface area contributed by atoms with E-state index in [-0.39, 0.29) is 5.69 Å². The Balaban J connectivity index is 2.81. The molecule has 2 aromatic rings. The van der Waals surface area contributed by atoms with Gasteiger partial charge in [0.15, 0.2) is 5.69 Å². The van der Waals surface area contributed by atoms with Crippen LogP contribution in [0.15, 0.2) is 28.7 Å². The van der Waals surface area contributed by atoms with Gasteiger partial charge in [-0.2, -0.15) is 0 Å². The van der Waals surface area contributed by atoms with Crippen LogP contribution in [-0.2, 0) is 0 Å². The molecule has 0 bridgehead atoms. The number of carbonyl (C=O) groups is 1. The Bertz CT molecular complexity index is 513. The summed E-state index contributed by atoms with van der Waals surface area (Å²) in [7, 11) is 0. The number of hydrogen-bond donors (Lipinski definition) is 1. The standard InChI is InChI=1S/C9H5BrN2O2/c10-7-5-3-1-2-4-6(5)11-12-8(7)9(13)14/h1-4H,(H,13,14). The fraction of sp³-hybridized carbons (Fsp3) is 0. The predicted octanol–water partition coefficient (Wildman–Crippen LogP) is 2.09. The number of benzene rings is 1. The van der Waals surface area contributed by atoms with Crippen LogP contribution in [0.25, 0.3) is 10.9 Å². The average Bonchev–Trinajstić information content (AvgIpc) is 2.18. The largest absolute Gasteiger partial charge is 0.476 e. The molecule has 1 aromatic heterocycles. The lowest BCUT2D eigenvalue weighted by molar-refractivity contribution is 0.0688. The molecule has 0 saturated heterocycles. The zero-order chi connectivity index (χ0) is 10.1. The Hall–Kier alpha value is -1.49. The van der Waals surface area contributed by atoms with Crippen LogP contribution in [0.1, 0.15) is 10.5 Å². The quantitative estimate of drug-likeness (QED) is 0.845. The summed E-state index contributed by atoms with van der Waals surface area (Å²) in [6.07, 6.45) is 0. The molecule has 0 aliphatic rings. The molecule has 1 N–H and O–H groups in total. The van der Waals surface area contributed by atoms with Crippen LogP contribution in [0.3, 0.4) is 0 Å². The molecule has 0 aliphatic heterocycles. The van der Waals surface area contributed by atoms with Crippen LogP contribution in [0, 0.1) is 0 Å². The Morgan fingerprint density at radius 1 is 1.29 bits per heavy atom. The number of carboxylic acids is 1. The summed E-state index contributed by atoms with van der Waals surface area (Å²) in [5.74, 6) is -1.09. The SMILES string of the molecule is O=C(O)c1nnc2ccccc2c1Br. The van der Waals surface area contributed by atoms with Crippen LogP contribution in [-0.4, -0.2) is 21.3 Å². The van der Waals surface area contributed by atoms with Crippen molar-refractivity contribution in [2.45, 2.75) is 0 Å². The zero-order valence-corrected chi connectivity index (χ0v) is 8.52. The molecule has 5 heteroatoms. The molecule has 0 radical (unpaired) electrons. The van der Waals surface area contributed by atoms with E-state index in [1.54, 1.807) is 12.1 Å². The third kappa shape index (κ3) is 1.35. The number of aromatic carboxylic acids is 1. The highest BCUT2D eigenvalue weighted by Crippen LogP contribution is 2.24. The number of halogens is 1. The van der Waals surface area contributed by atoms with Gasteiger partial charge in [-0.1, -0.05) is 18.2 Å². The monoisotopic (exact) mass is 252 g/mol. The molecular weight excluding hydrogens is 248 g/mol. The number of hydrogen-bond acceptors (Lipinski definition) is 3. The van der Waals surface area contributed by atoms with Crippen molar-refractivity contribution in [3.05, 3.63) is 34.4 Å². The Morgan fingerprint density at radius 3 is 2.71 bits per heavy atom. The first-order valence-corrected chi connectivity index (χ1v) is 4.63. The lowest BCUT2D eigenvalue weighted by Gasteiger charge is -2.00. The molecule has 0 spiro atoms. The Labute approximate surface area is 87.7 Å². The van der Waals surface area contributed by atoms with Gasteiger partial charge in [-0.25, -0.2) is 4.79 Å². The second-order valence-corrected chi connectivity index (χ2v) is 3.48. The van der Waals surface area contributed by atoms with E-state index in [4.69, 9.17) is 5.11 Å². The van der Waals surface area contributed by atoms with Crippen molar-refractivity contribution in [1.29, 1.82) is 0 Å². The fourth-order valence-corrected chi connectivity index (χ4v) is 1.74. The van der Waals surface area contributed by atoms with Crippen molar-refractivity contribution >= 4 is 32.8 Å². The van der Waals surface area contributed by atoms with Gasteiger partial charge in [0, 0.05) is 5.39 Å². The fourth-order valence-electron chi connectivity index (χ4n) is 1.16. The number of rotatable bonds is 1. The van der Waals surface area contributed by atoms with Crippen molar-refractivity contribution in [2.24, 2.45) is 0 Å². The summed E-state index contributed by atoms with van der Waals surface area (Å²) in [5.41, 5.74) is 0.605. The van der Waals surface area contributed by atoms with Crippen molar-refractivity contribution in [3.8, 4) is 0 Å². The maximum absolute atomic E-state index is 10.7. The minimum atomic E-state index is -1.09. The van der Waals surface area contributed by atoms with Crippen LogP contribution in [0.2, 0.25) is 0 Å². The first-order valence-electron chi connectivity index (χ1n) is 3.84. The van der Waals surface area contributed by atoms with Crippen LogP contribution >= 0.6 is 15.9 Å². The summed E-state index contributed by atoms with van der Waals surface area (Å²) in [4.78, 5) is 10.7. The second-order valence-electron chi connectivity index (χ2n) is 2.68. The number of fused-ring (bicyclic) bond motifs is 1. The van der Waals surface area contributed by atoms with E-state index in [0.29, 0.717) is 9.99 Å². The summed E-state index contributed by atoms with van der Waals surface area (Å²) in [6, 6.07) is 7.21. The van der Waals surface area contributed by atoms with Gasteiger partial charge in [0.2, 0.25) is 0 Å². The Kier molecular flexibility index (Phi) is 2.17. The maximum Gasteiger partial charge on any atom is 0.357 e. The summed E-state index contributed by atoms with van der Waals surface area (Å²) in [6.45, 7) is 0. The molecule has 0 aliphatic carbocycles. The van der Waals surface area contributed by atoms with E-state index in [2.05, 4.69) is 26.1 Å². The van der Waals surface area contributed by atoms with Crippen molar-refractivity contribution < 1.29 is 9.90 Å². The molecule has 14 heavy (non-hydrogen) atoms. The molecule has 0 fully saturated rings. The molecule has 0 saturated carbocycles. The Morgan fingerprint density at radius 2 is 2.00 bits per heavy atom. The smallest absolute Gasteiger partial charge is 0.357 e. The van der Waals surface area contributed by atoms with Gasteiger partial charge in [0.05, 0.1) is 9.99 Å². The molecular formula is C9H5BrN2O2. The highest BCUT2D eigenvalue weighted by molar-refractivity contribution is 9.10. The summed E-state index contributed by atoms with van der Waals surface area (Å²) < 4.78 is 0.468. The summed E-state index contributed by atoms with van der Waals surface area (Å²) in [5, 5.41) is 17.0. The number of nitrogens with zero attached hydrogens (tertiary/aromatic N) is 2. The van der Waals surface area contributed by atoms with Gasteiger partial charge in [0.1, 0.15) is 0 Å². The van der Waals surface area contributed by atoms with E-state index in [0.717, 1.165) is 5.39 Å². The average molecular weight is 253 g/mol. The molecule has 0 amide bonds. The van der Waals surface area contributed by atoms with Crippen molar-refractivity contribution in [3.63, 3.8) is 0 Å². The van der Waals surface area contributed by atoms with Crippen LogP contribution in [0.4, 0.5) is 0 Å².